The fourth-order valence-electron chi connectivity index (χ4n) is 3.57. The SMILES string of the molecule is O=C1c2[nH]nc(-c3ccccc3O)c2[C@@H](c2ccccc2F)N1CCCO. The zero-order valence-electron chi connectivity index (χ0n) is 14.4. The average molecular weight is 367 g/mol. The Balaban J connectivity index is 1.91. The number of hydrogen-bond acceptors (Lipinski definition) is 4. The van der Waals surface area contributed by atoms with Crippen molar-refractivity contribution in [2.45, 2.75) is 12.5 Å². The highest BCUT2D eigenvalue weighted by atomic mass is 19.1. The highest BCUT2D eigenvalue weighted by Gasteiger charge is 2.43. The van der Waals surface area contributed by atoms with Crippen LogP contribution in [-0.2, 0) is 0 Å². The molecule has 1 aliphatic rings. The van der Waals surface area contributed by atoms with Crippen LogP contribution in [0.1, 0.15) is 34.1 Å². The lowest BCUT2D eigenvalue weighted by molar-refractivity contribution is 0.0730. The molecule has 0 aliphatic carbocycles. The second-order valence-corrected chi connectivity index (χ2v) is 6.38. The first kappa shape index (κ1) is 17.2. The molecule has 3 N–H and O–H groups in total. The van der Waals surface area contributed by atoms with Gasteiger partial charge in [0.05, 0.1) is 6.04 Å². The number of hydrogen-bond donors (Lipinski definition) is 3. The number of aromatic nitrogens is 2. The van der Waals surface area contributed by atoms with Gasteiger partial charge in [0.1, 0.15) is 23.0 Å². The Morgan fingerprint density at radius 3 is 2.63 bits per heavy atom. The van der Waals surface area contributed by atoms with Gasteiger partial charge in [0.15, 0.2) is 0 Å². The fourth-order valence-corrected chi connectivity index (χ4v) is 3.57. The van der Waals surface area contributed by atoms with Crippen LogP contribution in [0.3, 0.4) is 0 Å². The monoisotopic (exact) mass is 367 g/mol. The lowest BCUT2D eigenvalue weighted by Gasteiger charge is -2.26. The first-order chi connectivity index (χ1) is 13.1. The highest BCUT2D eigenvalue weighted by molar-refractivity contribution is 6.00. The van der Waals surface area contributed by atoms with E-state index in [0.717, 1.165) is 0 Å². The van der Waals surface area contributed by atoms with E-state index in [1.807, 2.05) is 0 Å². The summed E-state index contributed by atoms with van der Waals surface area (Å²) in [5.41, 5.74) is 2.04. The lowest BCUT2D eigenvalue weighted by Crippen LogP contribution is -2.31. The Morgan fingerprint density at radius 2 is 1.89 bits per heavy atom. The molecular weight excluding hydrogens is 349 g/mol. The number of carbonyl (C=O) groups excluding carboxylic acids is 1. The summed E-state index contributed by atoms with van der Waals surface area (Å²) in [6.07, 6.45) is 0.375. The van der Waals surface area contributed by atoms with Crippen LogP contribution in [0.25, 0.3) is 11.3 Å². The zero-order chi connectivity index (χ0) is 19.0. The number of amides is 1. The number of nitrogens with one attached hydrogen (secondary N) is 1. The predicted octanol–water partition coefficient (Wildman–Crippen LogP) is 2.85. The van der Waals surface area contributed by atoms with Gasteiger partial charge in [0.25, 0.3) is 5.91 Å². The van der Waals surface area contributed by atoms with E-state index in [4.69, 9.17) is 0 Å². The molecule has 0 saturated carbocycles. The molecule has 2 heterocycles. The van der Waals surface area contributed by atoms with Crippen LogP contribution < -0.4 is 0 Å². The average Bonchev–Trinajstić information content (AvgIpc) is 3.20. The van der Waals surface area contributed by atoms with Gasteiger partial charge in [-0.05, 0) is 24.6 Å². The molecule has 0 radical (unpaired) electrons. The third-order valence-corrected chi connectivity index (χ3v) is 4.78. The molecule has 6 nitrogen and oxygen atoms in total. The van der Waals surface area contributed by atoms with E-state index in [1.54, 1.807) is 36.4 Å². The molecule has 1 amide bonds. The van der Waals surface area contributed by atoms with Gasteiger partial charge >= 0.3 is 0 Å². The number of phenols is 1. The maximum absolute atomic E-state index is 14.6. The fraction of sp³-hybridized carbons (Fsp3) is 0.200. The maximum Gasteiger partial charge on any atom is 0.273 e. The van der Waals surface area contributed by atoms with Crippen molar-refractivity contribution in [3.05, 3.63) is 71.2 Å². The van der Waals surface area contributed by atoms with Crippen molar-refractivity contribution in [1.29, 1.82) is 0 Å². The number of aromatic amines is 1. The molecule has 1 aliphatic heterocycles. The third-order valence-electron chi connectivity index (χ3n) is 4.78. The Morgan fingerprint density at radius 1 is 1.15 bits per heavy atom. The number of phenolic OH excluding ortho intramolecular Hbond substituents is 1. The largest absolute Gasteiger partial charge is 0.507 e. The lowest BCUT2D eigenvalue weighted by atomic mass is 9.95. The number of H-pyrrole nitrogens is 1. The Bertz CT molecular complexity index is 1000. The summed E-state index contributed by atoms with van der Waals surface area (Å²) < 4.78 is 14.6. The van der Waals surface area contributed by atoms with Gasteiger partial charge in [-0.15, -0.1) is 0 Å². The van der Waals surface area contributed by atoms with E-state index in [2.05, 4.69) is 10.2 Å². The van der Waals surface area contributed by atoms with Crippen LogP contribution in [-0.4, -0.2) is 44.4 Å². The number of benzene rings is 2. The van der Waals surface area contributed by atoms with Crippen molar-refractivity contribution < 1.29 is 19.4 Å². The van der Waals surface area contributed by atoms with Crippen molar-refractivity contribution in [1.82, 2.24) is 15.1 Å². The van der Waals surface area contributed by atoms with Crippen LogP contribution in [0.15, 0.2) is 48.5 Å². The van der Waals surface area contributed by atoms with E-state index >= 15 is 0 Å². The zero-order valence-corrected chi connectivity index (χ0v) is 14.4. The molecule has 4 rings (SSSR count). The van der Waals surface area contributed by atoms with Gasteiger partial charge in [0.2, 0.25) is 0 Å². The van der Waals surface area contributed by atoms with Crippen LogP contribution >= 0.6 is 0 Å². The van der Waals surface area contributed by atoms with Crippen molar-refractivity contribution >= 4 is 5.91 Å². The number of rotatable bonds is 5. The summed E-state index contributed by atoms with van der Waals surface area (Å²) in [7, 11) is 0. The van der Waals surface area contributed by atoms with Gasteiger partial charge < -0.3 is 15.1 Å². The van der Waals surface area contributed by atoms with Crippen molar-refractivity contribution in [3.63, 3.8) is 0 Å². The van der Waals surface area contributed by atoms with Gasteiger partial charge in [-0.1, -0.05) is 30.3 Å². The molecule has 0 saturated heterocycles. The Labute approximate surface area is 154 Å². The van der Waals surface area contributed by atoms with Gasteiger partial charge in [-0.2, -0.15) is 5.10 Å². The second kappa shape index (κ2) is 6.85. The normalized spacial score (nSPS) is 16.0. The molecule has 7 heteroatoms. The molecule has 1 aromatic heterocycles. The molecule has 3 aromatic rings. The standard InChI is InChI=1S/C20H18FN3O3/c21-14-8-3-1-6-12(14)19-16-17(13-7-2-4-9-15(13)26)22-23-18(16)20(27)24(19)10-5-11-25/h1-4,6-9,19,25-26H,5,10-11H2,(H,22,23)/t19-/m1/s1. The van der Waals surface area contributed by atoms with Crippen LogP contribution in [0.5, 0.6) is 5.75 Å². The first-order valence-electron chi connectivity index (χ1n) is 8.66. The minimum atomic E-state index is -0.686. The van der Waals surface area contributed by atoms with Gasteiger partial charge in [-0.3, -0.25) is 9.89 Å². The molecule has 0 fully saturated rings. The van der Waals surface area contributed by atoms with E-state index < -0.39 is 11.9 Å². The summed E-state index contributed by atoms with van der Waals surface area (Å²) in [4.78, 5) is 14.4. The topological polar surface area (TPSA) is 89.5 Å². The number of para-hydroxylation sites is 1. The number of fused-ring (bicyclic) bond motifs is 1. The summed E-state index contributed by atoms with van der Waals surface area (Å²) in [5.74, 6) is -0.706. The van der Waals surface area contributed by atoms with E-state index in [0.29, 0.717) is 28.8 Å². The number of carbonyl (C=O) groups is 1. The van der Waals surface area contributed by atoms with Gasteiger partial charge in [0, 0.05) is 29.8 Å². The van der Waals surface area contributed by atoms with Crippen molar-refractivity contribution in [2.24, 2.45) is 0 Å². The summed E-state index contributed by atoms with van der Waals surface area (Å²) in [6, 6.07) is 12.3. The number of aromatic hydroxyl groups is 1. The van der Waals surface area contributed by atoms with E-state index in [9.17, 15) is 19.4 Å². The molecule has 138 valence electrons. The minimum Gasteiger partial charge on any atom is -0.507 e. The summed E-state index contributed by atoms with van der Waals surface area (Å²) in [5, 5.41) is 26.4. The molecule has 27 heavy (non-hydrogen) atoms. The molecule has 0 spiro atoms. The second-order valence-electron chi connectivity index (χ2n) is 6.38. The van der Waals surface area contributed by atoms with Crippen molar-refractivity contribution in [2.75, 3.05) is 13.2 Å². The summed E-state index contributed by atoms with van der Waals surface area (Å²) in [6.45, 7) is 0.198. The molecule has 0 unspecified atom stereocenters. The molecule has 0 bridgehead atoms. The van der Waals surface area contributed by atoms with Crippen LogP contribution in [0.2, 0.25) is 0 Å². The molecular formula is C20H18FN3O3. The number of halogens is 1. The van der Waals surface area contributed by atoms with E-state index in [-0.39, 0.29) is 30.5 Å². The Hall–Kier alpha value is -3.19. The smallest absolute Gasteiger partial charge is 0.273 e. The van der Waals surface area contributed by atoms with Crippen LogP contribution in [0, 0.1) is 5.82 Å². The third kappa shape index (κ3) is 2.76. The highest BCUT2D eigenvalue weighted by Crippen LogP contribution is 2.44. The van der Waals surface area contributed by atoms with E-state index in [1.165, 1.54) is 17.0 Å². The summed E-state index contributed by atoms with van der Waals surface area (Å²) >= 11 is 0. The van der Waals surface area contributed by atoms with Crippen molar-refractivity contribution in [3.8, 4) is 17.0 Å². The predicted molar refractivity (Wildman–Crippen MR) is 96.7 cm³/mol. The number of aliphatic hydroxyl groups excluding tert-OH is 1. The quantitative estimate of drug-likeness (QED) is 0.647. The Kier molecular flexibility index (Phi) is 4.37. The minimum absolute atomic E-state index is 0.0281. The number of nitrogens with zero attached hydrogens (tertiary/aromatic N) is 2. The molecule has 1 atom stereocenters. The van der Waals surface area contributed by atoms with Crippen LogP contribution in [0.4, 0.5) is 4.39 Å². The van der Waals surface area contributed by atoms with Gasteiger partial charge in [-0.25, -0.2) is 4.39 Å². The number of aliphatic hydroxyl groups is 1. The maximum atomic E-state index is 14.6. The first-order valence-corrected chi connectivity index (χ1v) is 8.66. The molecule has 2 aromatic carbocycles.